The van der Waals surface area contributed by atoms with Gasteiger partial charge in [-0.1, -0.05) is 11.6 Å². The quantitative estimate of drug-likeness (QED) is 0.558. The highest BCUT2D eigenvalue weighted by molar-refractivity contribution is 5.94. The van der Waals surface area contributed by atoms with Crippen molar-refractivity contribution in [1.82, 2.24) is 4.90 Å². The van der Waals surface area contributed by atoms with Crippen LogP contribution in [0.25, 0.3) is 0 Å². The van der Waals surface area contributed by atoms with Crippen LogP contribution in [-0.2, 0) is 0 Å². The normalized spacial score (nSPS) is 15.6. The van der Waals surface area contributed by atoms with Crippen molar-refractivity contribution in [2.24, 2.45) is 0 Å². The van der Waals surface area contributed by atoms with E-state index in [1.807, 2.05) is 13.0 Å². The molecule has 0 bridgehead atoms. The van der Waals surface area contributed by atoms with Gasteiger partial charge in [-0.05, 0) is 25.5 Å². The Bertz CT molecular complexity index is 502. The van der Waals surface area contributed by atoms with Crippen LogP contribution in [0.15, 0.2) is 23.8 Å². The zero-order valence-electron chi connectivity index (χ0n) is 9.84. The third-order valence-corrected chi connectivity index (χ3v) is 2.95. The van der Waals surface area contributed by atoms with Gasteiger partial charge in [0.2, 0.25) is 0 Å². The highest BCUT2D eigenvalue weighted by Crippen LogP contribution is 2.17. The molecule has 2 nitrogen and oxygen atoms in total. The summed E-state index contributed by atoms with van der Waals surface area (Å²) in [6, 6.07) is 1.46. The van der Waals surface area contributed by atoms with Crippen LogP contribution in [0.2, 0.25) is 0 Å². The maximum atomic E-state index is 13.0. The van der Waals surface area contributed by atoms with Crippen LogP contribution in [0.3, 0.4) is 0 Å². The topological polar surface area (TPSA) is 20.3 Å². The lowest BCUT2D eigenvalue weighted by molar-refractivity contribution is 0.0767. The molecule has 1 heterocycles. The molecule has 1 aliphatic rings. The van der Waals surface area contributed by atoms with Crippen molar-refractivity contribution in [1.29, 1.82) is 0 Å². The fourth-order valence-corrected chi connectivity index (χ4v) is 1.82. The fraction of sp³-hybridized carbons (Fsp3) is 0.308. The summed E-state index contributed by atoms with van der Waals surface area (Å²) >= 11 is 0. The third kappa shape index (κ3) is 2.39. The molecule has 0 unspecified atom stereocenters. The van der Waals surface area contributed by atoms with Crippen LogP contribution in [-0.4, -0.2) is 23.9 Å². The van der Waals surface area contributed by atoms with Crippen molar-refractivity contribution < 1.29 is 18.0 Å². The smallest absolute Gasteiger partial charge is 0.254 e. The van der Waals surface area contributed by atoms with Gasteiger partial charge < -0.3 is 4.90 Å². The molecule has 0 fully saturated rings. The van der Waals surface area contributed by atoms with Gasteiger partial charge in [0.05, 0.1) is 0 Å². The zero-order valence-corrected chi connectivity index (χ0v) is 9.84. The molecule has 0 saturated carbocycles. The molecule has 0 aromatic heterocycles. The predicted molar refractivity (Wildman–Crippen MR) is 60.6 cm³/mol. The Kier molecular flexibility index (Phi) is 3.41. The molecule has 1 aliphatic heterocycles. The number of carbonyl (C=O) groups excluding carboxylic acids is 1. The van der Waals surface area contributed by atoms with E-state index in [9.17, 15) is 18.0 Å². The average molecular weight is 255 g/mol. The van der Waals surface area contributed by atoms with Gasteiger partial charge in [0.15, 0.2) is 17.5 Å². The third-order valence-electron chi connectivity index (χ3n) is 2.95. The molecule has 1 aromatic rings. The van der Waals surface area contributed by atoms with E-state index < -0.39 is 23.4 Å². The lowest BCUT2D eigenvalue weighted by Gasteiger charge is -2.25. The number of amides is 1. The van der Waals surface area contributed by atoms with Crippen LogP contribution in [0.4, 0.5) is 13.2 Å². The number of benzene rings is 1. The highest BCUT2D eigenvalue weighted by Gasteiger charge is 2.20. The van der Waals surface area contributed by atoms with Crippen molar-refractivity contribution in [3.8, 4) is 0 Å². The number of hydrogen-bond donors (Lipinski definition) is 0. The molecule has 0 spiro atoms. The molecular weight excluding hydrogens is 243 g/mol. The molecule has 0 aliphatic carbocycles. The lowest BCUT2D eigenvalue weighted by Crippen LogP contribution is -2.34. The highest BCUT2D eigenvalue weighted by atomic mass is 19.2. The minimum absolute atomic E-state index is 0.167. The Balaban J connectivity index is 2.24. The van der Waals surface area contributed by atoms with E-state index in [0.717, 1.165) is 18.6 Å². The first-order valence-corrected chi connectivity index (χ1v) is 5.58. The van der Waals surface area contributed by atoms with Gasteiger partial charge in [0.25, 0.3) is 5.91 Å². The average Bonchev–Trinajstić information content (AvgIpc) is 2.35. The second-order valence-electron chi connectivity index (χ2n) is 4.31. The Morgan fingerprint density at radius 1 is 1.22 bits per heavy atom. The van der Waals surface area contributed by atoms with E-state index in [-0.39, 0.29) is 5.56 Å². The molecule has 1 amide bonds. The molecule has 1 aromatic carbocycles. The van der Waals surface area contributed by atoms with E-state index in [0.29, 0.717) is 13.1 Å². The summed E-state index contributed by atoms with van der Waals surface area (Å²) < 4.78 is 38.8. The summed E-state index contributed by atoms with van der Waals surface area (Å²) in [4.78, 5) is 13.4. The van der Waals surface area contributed by atoms with Gasteiger partial charge >= 0.3 is 0 Å². The van der Waals surface area contributed by atoms with E-state index in [1.165, 1.54) is 10.5 Å². The van der Waals surface area contributed by atoms with Crippen LogP contribution in [0, 0.1) is 17.5 Å². The molecule has 0 atom stereocenters. The van der Waals surface area contributed by atoms with E-state index in [2.05, 4.69) is 0 Å². The zero-order chi connectivity index (χ0) is 13.3. The SMILES string of the molecule is CC1=CCN(C(=O)c2cc(F)c(F)c(F)c2)CC1. The summed E-state index contributed by atoms with van der Waals surface area (Å²) in [7, 11) is 0. The molecule has 18 heavy (non-hydrogen) atoms. The number of rotatable bonds is 1. The van der Waals surface area contributed by atoms with Gasteiger partial charge in [-0.15, -0.1) is 0 Å². The Morgan fingerprint density at radius 3 is 2.33 bits per heavy atom. The number of hydrogen-bond acceptors (Lipinski definition) is 1. The van der Waals surface area contributed by atoms with Crippen LogP contribution in [0.5, 0.6) is 0 Å². The van der Waals surface area contributed by atoms with Crippen LogP contribution in [0.1, 0.15) is 23.7 Å². The van der Waals surface area contributed by atoms with Crippen molar-refractivity contribution in [2.75, 3.05) is 13.1 Å². The van der Waals surface area contributed by atoms with Gasteiger partial charge in [0.1, 0.15) is 0 Å². The van der Waals surface area contributed by atoms with Crippen molar-refractivity contribution >= 4 is 5.91 Å². The monoisotopic (exact) mass is 255 g/mol. The molecule has 96 valence electrons. The lowest BCUT2D eigenvalue weighted by atomic mass is 10.1. The summed E-state index contributed by atoms with van der Waals surface area (Å²) in [5, 5.41) is 0. The molecule has 0 saturated heterocycles. The molecule has 0 radical (unpaired) electrons. The summed E-state index contributed by atoms with van der Waals surface area (Å²) in [6.07, 6.45) is 2.62. The second kappa shape index (κ2) is 4.84. The maximum absolute atomic E-state index is 13.0. The molecule has 5 heteroatoms. The minimum atomic E-state index is -1.55. The largest absolute Gasteiger partial charge is 0.335 e. The first-order chi connectivity index (χ1) is 8.49. The Labute approximate surface area is 103 Å². The number of nitrogens with zero attached hydrogens (tertiary/aromatic N) is 1. The minimum Gasteiger partial charge on any atom is -0.335 e. The summed E-state index contributed by atoms with van der Waals surface area (Å²) in [5.74, 6) is -4.73. The molecular formula is C13H12F3NO. The molecule has 2 rings (SSSR count). The van der Waals surface area contributed by atoms with Crippen LogP contribution >= 0.6 is 0 Å². The van der Waals surface area contributed by atoms with E-state index in [1.54, 1.807) is 0 Å². The predicted octanol–water partition coefficient (Wildman–Crippen LogP) is 2.90. The van der Waals surface area contributed by atoms with Crippen molar-refractivity contribution in [3.05, 3.63) is 46.8 Å². The number of halogens is 3. The van der Waals surface area contributed by atoms with E-state index in [4.69, 9.17) is 0 Å². The molecule has 0 N–H and O–H groups in total. The maximum Gasteiger partial charge on any atom is 0.254 e. The first kappa shape index (κ1) is 12.7. The van der Waals surface area contributed by atoms with Crippen molar-refractivity contribution in [3.63, 3.8) is 0 Å². The summed E-state index contributed by atoms with van der Waals surface area (Å²) in [6.45, 7) is 2.87. The summed E-state index contributed by atoms with van der Waals surface area (Å²) in [5.41, 5.74) is 1.01. The van der Waals surface area contributed by atoms with Gasteiger partial charge in [-0.3, -0.25) is 4.79 Å². The Hall–Kier alpha value is -1.78. The van der Waals surface area contributed by atoms with Gasteiger partial charge in [0, 0.05) is 18.7 Å². The van der Waals surface area contributed by atoms with Crippen LogP contribution < -0.4 is 0 Å². The number of carbonyl (C=O) groups is 1. The van der Waals surface area contributed by atoms with Gasteiger partial charge in [-0.25, -0.2) is 13.2 Å². The van der Waals surface area contributed by atoms with E-state index >= 15 is 0 Å². The fourth-order valence-electron chi connectivity index (χ4n) is 1.82. The standard InChI is InChI=1S/C13H12F3NO/c1-8-2-4-17(5-3-8)13(18)9-6-10(14)12(16)11(15)7-9/h2,6-7H,3-5H2,1H3. The Morgan fingerprint density at radius 2 is 1.83 bits per heavy atom. The van der Waals surface area contributed by atoms with Gasteiger partial charge in [-0.2, -0.15) is 0 Å². The second-order valence-corrected chi connectivity index (χ2v) is 4.31. The van der Waals surface area contributed by atoms with Crippen molar-refractivity contribution in [2.45, 2.75) is 13.3 Å². The first-order valence-electron chi connectivity index (χ1n) is 5.58.